The van der Waals surface area contributed by atoms with Gasteiger partial charge in [-0.3, -0.25) is 19.4 Å². The van der Waals surface area contributed by atoms with Crippen LogP contribution in [0.5, 0.6) is 11.5 Å². The number of aryl methyl sites for hydroxylation is 2. The summed E-state index contributed by atoms with van der Waals surface area (Å²) in [5, 5.41) is 10.3. The Hall–Kier alpha value is -4.41. The number of benzene rings is 2. The van der Waals surface area contributed by atoms with E-state index >= 15 is 0 Å². The molecule has 4 heterocycles. The molecule has 1 saturated carbocycles. The molecule has 7 rings (SSSR count). The number of methoxy groups -OCH3 is 2. The molecule has 0 spiro atoms. The number of likely N-dealkylation sites (N-methyl/N-ethyl adjacent to an activating group) is 1. The van der Waals surface area contributed by atoms with Crippen molar-refractivity contribution in [3.63, 3.8) is 0 Å². The van der Waals surface area contributed by atoms with Gasteiger partial charge >= 0.3 is 0 Å². The highest BCUT2D eigenvalue weighted by atomic mass is 16.5. The van der Waals surface area contributed by atoms with E-state index in [2.05, 4.69) is 37.9 Å². The zero-order chi connectivity index (χ0) is 31.9. The molecule has 0 unspecified atom stereocenters. The van der Waals surface area contributed by atoms with Crippen LogP contribution in [0.15, 0.2) is 54.7 Å². The highest BCUT2D eigenvalue weighted by molar-refractivity contribution is 6.08. The molecule has 1 aliphatic carbocycles. The van der Waals surface area contributed by atoms with Crippen molar-refractivity contribution in [3.8, 4) is 22.8 Å². The van der Waals surface area contributed by atoms with Gasteiger partial charge in [-0.15, -0.1) is 0 Å². The number of anilines is 1. The largest absolute Gasteiger partial charge is 0.496 e. The number of carbonyl (C=O) groups is 1. The van der Waals surface area contributed by atoms with Crippen LogP contribution in [0, 0.1) is 6.92 Å². The number of rotatable bonds is 7. The molecular weight excluding hydrogens is 578 g/mol. The summed E-state index contributed by atoms with van der Waals surface area (Å²) in [6.45, 7) is 6.70. The summed E-state index contributed by atoms with van der Waals surface area (Å²) < 4.78 is 15.5. The lowest BCUT2D eigenvalue weighted by atomic mass is 9.89. The number of piperazine rings is 1. The van der Waals surface area contributed by atoms with Crippen LogP contribution < -0.4 is 14.8 Å². The highest BCUT2D eigenvalue weighted by Gasteiger charge is 2.30. The second-order valence-corrected chi connectivity index (χ2v) is 12.7. The number of ether oxygens (including phenoxy) is 2. The molecule has 0 radical (unpaired) electrons. The number of hydrogen-bond donors (Lipinski definition) is 1. The Morgan fingerprint density at radius 1 is 0.870 bits per heavy atom. The minimum atomic E-state index is -0.228. The van der Waals surface area contributed by atoms with Crippen molar-refractivity contribution >= 4 is 33.4 Å². The predicted molar refractivity (Wildman–Crippen MR) is 182 cm³/mol. The smallest absolute Gasteiger partial charge is 0.272 e. The quantitative estimate of drug-likeness (QED) is 0.242. The summed E-state index contributed by atoms with van der Waals surface area (Å²) in [6, 6.07) is 16.6. The van der Waals surface area contributed by atoms with Gasteiger partial charge in [0.05, 0.1) is 37.0 Å². The average molecular weight is 622 g/mol. The number of pyridine rings is 1. The Morgan fingerprint density at radius 2 is 1.61 bits per heavy atom. The maximum Gasteiger partial charge on any atom is 0.272 e. The van der Waals surface area contributed by atoms with Crippen LogP contribution in [0.1, 0.15) is 47.9 Å². The summed E-state index contributed by atoms with van der Waals surface area (Å²) in [7, 11) is 7.36. The molecule has 10 heteroatoms. The van der Waals surface area contributed by atoms with Gasteiger partial charge in [0, 0.05) is 67.5 Å². The predicted octanol–water partition coefficient (Wildman–Crippen LogP) is 5.90. The minimum Gasteiger partial charge on any atom is -0.496 e. The van der Waals surface area contributed by atoms with E-state index in [0.717, 1.165) is 70.4 Å². The fraction of sp³-hybridized carbons (Fsp3) is 0.417. The van der Waals surface area contributed by atoms with E-state index in [4.69, 9.17) is 14.6 Å². The summed E-state index contributed by atoms with van der Waals surface area (Å²) in [6.07, 6.45) is 6.50. The maximum atomic E-state index is 13.5. The fourth-order valence-electron chi connectivity index (χ4n) is 7.44. The lowest BCUT2D eigenvalue weighted by Crippen LogP contribution is -2.49. The number of hydrogen-bond acceptors (Lipinski definition) is 7. The van der Waals surface area contributed by atoms with Crippen molar-refractivity contribution < 1.29 is 14.3 Å². The molecule has 3 aromatic heterocycles. The Bertz CT molecular complexity index is 1900. The number of amides is 1. The molecule has 1 N–H and O–H groups in total. The van der Waals surface area contributed by atoms with E-state index in [1.165, 1.54) is 25.9 Å². The lowest BCUT2D eigenvalue weighted by molar-refractivity contribution is 0.0816. The molecule has 1 amide bonds. The topological polar surface area (TPSA) is 89.7 Å². The van der Waals surface area contributed by atoms with Gasteiger partial charge in [-0.1, -0.05) is 12.1 Å². The van der Waals surface area contributed by atoms with Crippen LogP contribution in [0.25, 0.3) is 33.1 Å². The fourth-order valence-corrected chi connectivity index (χ4v) is 7.44. The average Bonchev–Trinajstić information content (AvgIpc) is 3.64. The maximum absolute atomic E-state index is 13.5. The van der Waals surface area contributed by atoms with Gasteiger partial charge in [0.2, 0.25) is 0 Å². The number of nitrogens with one attached hydrogen (secondary N) is 1. The standard InChI is InChI=1S/C36H43N7O3/c1-23-34-30(15-16-37-23)43(26-12-10-25(11-13-26)42-19-17-40(2)18-20-42)39-35(34)24-9-14-28(33(21-24)46-5)38-36(44)31-22-27-29(41(31)3)7-6-8-32(27)45-4/h6-9,14-16,21-22,25-26H,10-13,17-20H2,1-5H3,(H,38,44). The van der Waals surface area contributed by atoms with Gasteiger partial charge in [0.1, 0.15) is 22.9 Å². The number of nitrogens with zero attached hydrogens (tertiary/aromatic N) is 6. The molecule has 0 bridgehead atoms. The first-order valence-electron chi connectivity index (χ1n) is 16.2. The van der Waals surface area contributed by atoms with E-state index in [-0.39, 0.29) is 5.91 Å². The molecule has 2 aliphatic rings. The molecule has 1 saturated heterocycles. The Balaban J connectivity index is 1.15. The molecule has 0 atom stereocenters. The first-order valence-corrected chi connectivity index (χ1v) is 16.2. The van der Waals surface area contributed by atoms with Gasteiger partial charge in [0.15, 0.2) is 0 Å². The molecule has 2 fully saturated rings. The molecule has 2 aromatic carbocycles. The number of carbonyl (C=O) groups excluding carboxylic acids is 1. The number of aromatic nitrogens is 4. The van der Waals surface area contributed by atoms with Crippen molar-refractivity contribution in [1.29, 1.82) is 0 Å². The van der Waals surface area contributed by atoms with Crippen LogP contribution in [-0.4, -0.2) is 88.5 Å². The summed E-state index contributed by atoms with van der Waals surface area (Å²) >= 11 is 0. The van der Waals surface area contributed by atoms with Gasteiger partial charge in [0.25, 0.3) is 5.91 Å². The minimum absolute atomic E-state index is 0.228. The van der Waals surface area contributed by atoms with Crippen molar-refractivity contribution in [2.45, 2.75) is 44.7 Å². The van der Waals surface area contributed by atoms with Crippen LogP contribution in [0.3, 0.4) is 0 Å². The van der Waals surface area contributed by atoms with E-state index in [1.54, 1.807) is 14.2 Å². The highest BCUT2D eigenvalue weighted by Crippen LogP contribution is 2.39. The molecule has 46 heavy (non-hydrogen) atoms. The van der Waals surface area contributed by atoms with Gasteiger partial charge in [-0.25, -0.2) is 0 Å². The third-order valence-electron chi connectivity index (χ3n) is 10.1. The van der Waals surface area contributed by atoms with Gasteiger partial charge in [-0.05, 0) is 76.1 Å². The Labute approximate surface area is 269 Å². The van der Waals surface area contributed by atoms with Crippen LogP contribution in [0.4, 0.5) is 5.69 Å². The zero-order valence-electron chi connectivity index (χ0n) is 27.4. The third-order valence-corrected chi connectivity index (χ3v) is 10.1. The monoisotopic (exact) mass is 621 g/mol. The summed E-state index contributed by atoms with van der Waals surface area (Å²) in [5.41, 5.74) is 5.93. The normalized spacial score (nSPS) is 19.5. The van der Waals surface area contributed by atoms with E-state index in [9.17, 15) is 4.79 Å². The van der Waals surface area contributed by atoms with E-state index < -0.39 is 0 Å². The molecule has 5 aromatic rings. The Kier molecular flexibility index (Phi) is 8.16. The first kappa shape index (κ1) is 30.3. The Morgan fingerprint density at radius 3 is 2.35 bits per heavy atom. The summed E-state index contributed by atoms with van der Waals surface area (Å²) in [4.78, 5) is 23.3. The third kappa shape index (κ3) is 5.39. The molecule has 10 nitrogen and oxygen atoms in total. The van der Waals surface area contributed by atoms with E-state index in [1.807, 2.05) is 67.2 Å². The van der Waals surface area contributed by atoms with Crippen LogP contribution >= 0.6 is 0 Å². The van der Waals surface area contributed by atoms with Crippen molar-refractivity contribution in [3.05, 3.63) is 66.1 Å². The van der Waals surface area contributed by atoms with Gasteiger partial charge in [-0.2, -0.15) is 5.10 Å². The SMILES string of the molecule is COc1cc(-c2nn(C3CCC(N4CCN(C)CC4)CC3)c3ccnc(C)c23)ccc1NC(=O)c1cc2c(OC)cccc2n1C. The zero-order valence-corrected chi connectivity index (χ0v) is 27.4. The van der Waals surface area contributed by atoms with Crippen molar-refractivity contribution in [1.82, 2.24) is 29.1 Å². The number of fused-ring (bicyclic) bond motifs is 2. The van der Waals surface area contributed by atoms with Crippen LogP contribution in [0.2, 0.25) is 0 Å². The lowest BCUT2D eigenvalue weighted by Gasteiger charge is -2.41. The van der Waals surface area contributed by atoms with Crippen LogP contribution in [-0.2, 0) is 7.05 Å². The van der Waals surface area contributed by atoms with Gasteiger partial charge < -0.3 is 24.3 Å². The molecule has 240 valence electrons. The van der Waals surface area contributed by atoms with Crippen molar-refractivity contribution in [2.75, 3.05) is 52.8 Å². The molecular formula is C36H43N7O3. The van der Waals surface area contributed by atoms with Crippen molar-refractivity contribution in [2.24, 2.45) is 7.05 Å². The molecule has 1 aliphatic heterocycles. The second kappa shape index (κ2) is 12.4. The van der Waals surface area contributed by atoms with E-state index in [0.29, 0.717) is 29.2 Å². The second-order valence-electron chi connectivity index (χ2n) is 12.7. The first-order chi connectivity index (χ1) is 22.4. The summed E-state index contributed by atoms with van der Waals surface area (Å²) in [5.74, 6) is 1.07.